The maximum atomic E-state index is 13.2. The SMILES string of the molecule is CC(NC(=O)c1ccc(F)cc1)C(c1cccs1)N1CCN(c2ccc(F)cc2)CC1. The molecule has 162 valence electrons. The van der Waals surface area contributed by atoms with Crippen LogP contribution in [0.1, 0.15) is 28.2 Å². The lowest BCUT2D eigenvalue weighted by molar-refractivity contribution is 0.0890. The summed E-state index contributed by atoms with van der Waals surface area (Å²) in [5, 5.41) is 5.15. The van der Waals surface area contributed by atoms with Gasteiger partial charge in [0.15, 0.2) is 0 Å². The van der Waals surface area contributed by atoms with Gasteiger partial charge in [-0.2, -0.15) is 0 Å². The Hall–Kier alpha value is -2.77. The van der Waals surface area contributed by atoms with Crippen LogP contribution in [0.4, 0.5) is 14.5 Å². The molecule has 0 radical (unpaired) electrons. The molecular formula is C24H25F2N3OS. The van der Waals surface area contributed by atoms with Crippen molar-refractivity contribution in [3.05, 3.63) is 88.1 Å². The van der Waals surface area contributed by atoms with E-state index in [9.17, 15) is 13.6 Å². The van der Waals surface area contributed by atoms with Gasteiger partial charge in [-0.1, -0.05) is 6.07 Å². The van der Waals surface area contributed by atoms with Gasteiger partial charge < -0.3 is 10.2 Å². The Balaban J connectivity index is 1.45. The van der Waals surface area contributed by atoms with Gasteiger partial charge in [-0.25, -0.2) is 8.78 Å². The summed E-state index contributed by atoms with van der Waals surface area (Å²) in [4.78, 5) is 18.5. The first-order valence-corrected chi connectivity index (χ1v) is 11.2. The summed E-state index contributed by atoms with van der Waals surface area (Å²) >= 11 is 1.68. The van der Waals surface area contributed by atoms with E-state index in [1.165, 1.54) is 41.3 Å². The van der Waals surface area contributed by atoms with E-state index in [1.54, 1.807) is 11.3 Å². The summed E-state index contributed by atoms with van der Waals surface area (Å²) < 4.78 is 26.4. The number of anilines is 1. The number of hydrogen-bond acceptors (Lipinski definition) is 4. The van der Waals surface area contributed by atoms with Gasteiger partial charge in [0, 0.05) is 48.3 Å². The molecule has 0 spiro atoms. The van der Waals surface area contributed by atoms with Crippen molar-refractivity contribution in [3.8, 4) is 0 Å². The molecule has 1 aliphatic heterocycles. The van der Waals surface area contributed by atoms with Crippen LogP contribution in [0.15, 0.2) is 66.0 Å². The first kappa shape index (κ1) is 21.5. The monoisotopic (exact) mass is 441 g/mol. The molecule has 1 amide bonds. The van der Waals surface area contributed by atoms with Crippen LogP contribution in [-0.2, 0) is 0 Å². The normalized spacial score (nSPS) is 16.7. The Bertz CT molecular complexity index is 985. The fourth-order valence-corrected chi connectivity index (χ4v) is 5.05. The zero-order chi connectivity index (χ0) is 21.8. The third-order valence-corrected chi connectivity index (χ3v) is 6.62. The van der Waals surface area contributed by atoms with Crippen LogP contribution < -0.4 is 10.2 Å². The van der Waals surface area contributed by atoms with Gasteiger partial charge in [-0.05, 0) is 66.9 Å². The van der Waals surface area contributed by atoms with Crippen LogP contribution in [0.2, 0.25) is 0 Å². The van der Waals surface area contributed by atoms with E-state index in [0.29, 0.717) is 5.56 Å². The van der Waals surface area contributed by atoms with E-state index in [0.717, 1.165) is 31.9 Å². The van der Waals surface area contributed by atoms with Crippen molar-refractivity contribution in [2.75, 3.05) is 31.1 Å². The first-order chi connectivity index (χ1) is 15.0. The molecule has 1 saturated heterocycles. The van der Waals surface area contributed by atoms with E-state index >= 15 is 0 Å². The highest BCUT2D eigenvalue weighted by atomic mass is 32.1. The maximum absolute atomic E-state index is 13.2. The largest absolute Gasteiger partial charge is 0.369 e. The molecule has 2 atom stereocenters. The summed E-state index contributed by atoms with van der Waals surface area (Å²) in [7, 11) is 0. The van der Waals surface area contributed by atoms with E-state index in [1.807, 2.05) is 30.5 Å². The van der Waals surface area contributed by atoms with Crippen molar-refractivity contribution in [2.45, 2.75) is 19.0 Å². The van der Waals surface area contributed by atoms with Gasteiger partial charge in [0.2, 0.25) is 0 Å². The topological polar surface area (TPSA) is 35.6 Å². The molecule has 7 heteroatoms. The molecular weight excluding hydrogens is 416 g/mol. The fraction of sp³-hybridized carbons (Fsp3) is 0.292. The number of piperazine rings is 1. The van der Waals surface area contributed by atoms with Crippen LogP contribution in [-0.4, -0.2) is 43.0 Å². The van der Waals surface area contributed by atoms with E-state index < -0.39 is 0 Å². The molecule has 1 aliphatic rings. The van der Waals surface area contributed by atoms with Crippen molar-refractivity contribution in [2.24, 2.45) is 0 Å². The molecule has 3 aromatic rings. The molecule has 1 N–H and O–H groups in total. The van der Waals surface area contributed by atoms with E-state index in [2.05, 4.69) is 21.2 Å². The Kier molecular flexibility index (Phi) is 6.63. The van der Waals surface area contributed by atoms with E-state index in [4.69, 9.17) is 0 Å². The highest BCUT2D eigenvalue weighted by Crippen LogP contribution is 2.30. The van der Waals surface area contributed by atoms with Crippen LogP contribution in [0.3, 0.4) is 0 Å². The quantitative estimate of drug-likeness (QED) is 0.602. The Morgan fingerprint density at radius 3 is 2.13 bits per heavy atom. The summed E-state index contributed by atoms with van der Waals surface area (Å²) in [5.41, 5.74) is 1.46. The van der Waals surface area contributed by atoms with Crippen LogP contribution in [0, 0.1) is 11.6 Å². The van der Waals surface area contributed by atoms with Crippen LogP contribution in [0.5, 0.6) is 0 Å². The smallest absolute Gasteiger partial charge is 0.251 e. The molecule has 1 aromatic heterocycles. The van der Waals surface area contributed by atoms with E-state index in [-0.39, 0.29) is 29.6 Å². The molecule has 0 saturated carbocycles. The predicted molar refractivity (Wildman–Crippen MR) is 121 cm³/mol. The second-order valence-corrected chi connectivity index (χ2v) is 8.71. The van der Waals surface area contributed by atoms with Gasteiger partial charge in [0.25, 0.3) is 5.91 Å². The fourth-order valence-electron chi connectivity index (χ4n) is 4.08. The van der Waals surface area contributed by atoms with Gasteiger partial charge in [0.05, 0.1) is 6.04 Å². The van der Waals surface area contributed by atoms with Gasteiger partial charge in [0.1, 0.15) is 11.6 Å². The number of amides is 1. The highest BCUT2D eigenvalue weighted by Gasteiger charge is 2.31. The van der Waals surface area contributed by atoms with Gasteiger partial charge in [-0.15, -0.1) is 11.3 Å². The van der Waals surface area contributed by atoms with Crippen molar-refractivity contribution < 1.29 is 13.6 Å². The minimum absolute atomic E-state index is 0.0415. The highest BCUT2D eigenvalue weighted by molar-refractivity contribution is 7.10. The minimum atomic E-state index is -0.361. The van der Waals surface area contributed by atoms with Crippen molar-refractivity contribution in [1.82, 2.24) is 10.2 Å². The summed E-state index contributed by atoms with van der Waals surface area (Å²) in [6.07, 6.45) is 0. The second kappa shape index (κ2) is 9.58. The molecule has 1 fully saturated rings. The molecule has 0 aliphatic carbocycles. The molecule has 31 heavy (non-hydrogen) atoms. The number of benzene rings is 2. The van der Waals surface area contributed by atoms with Crippen LogP contribution in [0.25, 0.3) is 0 Å². The number of hydrogen-bond donors (Lipinski definition) is 1. The standard InChI is InChI=1S/C24H25F2N3OS/c1-17(27-24(30)18-4-6-19(25)7-5-18)23(22-3-2-16-31-22)29-14-12-28(13-15-29)21-10-8-20(26)9-11-21/h2-11,16-17,23H,12-15H2,1H3,(H,27,30). The molecule has 4 rings (SSSR count). The average Bonchev–Trinajstić information content (AvgIpc) is 3.30. The third-order valence-electron chi connectivity index (χ3n) is 5.67. The second-order valence-electron chi connectivity index (χ2n) is 7.73. The Labute approximate surface area is 185 Å². The molecule has 2 aromatic carbocycles. The Morgan fingerprint density at radius 1 is 0.935 bits per heavy atom. The van der Waals surface area contributed by atoms with Crippen LogP contribution >= 0.6 is 11.3 Å². The first-order valence-electron chi connectivity index (χ1n) is 10.4. The third kappa shape index (κ3) is 5.11. The summed E-state index contributed by atoms with van der Waals surface area (Å²) in [6, 6.07) is 16.2. The number of carbonyl (C=O) groups excluding carboxylic acids is 1. The van der Waals surface area contributed by atoms with Gasteiger partial charge in [-0.3, -0.25) is 9.69 Å². The number of nitrogens with zero attached hydrogens (tertiary/aromatic N) is 2. The zero-order valence-corrected chi connectivity index (χ0v) is 18.1. The molecule has 2 heterocycles. The zero-order valence-electron chi connectivity index (χ0n) is 17.3. The summed E-state index contributed by atoms with van der Waals surface area (Å²) in [5.74, 6) is -0.801. The van der Waals surface area contributed by atoms with Gasteiger partial charge >= 0.3 is 0 Å². The van der Waals surface area contributed by atoms with Crippen molar-refractivity contribution >= 4 is 22.9 Å². The molecule has 0 bridgehead atoms. The lowest BCUT2D eigenvalue weighted by Crippen LogP contribution is -2.52. The number of carbonyl (C=O) groups is 1. The number of thiophene rings is 1. The predicted octanol–water partition coefficient (Wildman–Crippen LogP) is 4.71. The number of halogens is 2. The number of nitrogens with one attached hydrogen (secondary N) is 1. The number of rotatable bonds is 6. The lowest BCUT2D eigenvalue weighted by Gasteiger charge is -2.42. The average molecular weight is 442 g/mol. The lowest BCUT2D eigenvalue weighted by atomic mass is 10.0. The summed E-state index contributed by atoms with van der Waals surface area (Å²) in [6.45, 7) is 5.32. The molecule has 4 nitrogen and oxygen atoms in total. The maximum Gasteiger partial charge on any atom is 0.251 e. The Morgan fingerprint density at radius 2 is 1.55 bits per heavy atom. The van der Waals surface area contributed by atoms with Crippen molar-refractivity contribution in [1.29, 1.82) is 0 Å². The molecule has 2 unspecified atom stereocenters. The minimum Gasteiger partial charge on any atom is -0.369 e. The van der Waals surface area contributed by atoms with Crippen molar-refractivity contribution in [3.63, 3.8) is 0 Å².